The first kappa shape index (κ1) is 13.4. The summed E-state index contributed by atoms with van der Waals surface area (Å²) in [5.74, 6) is 0.878. The lowest BCUT2D eigenvalue weighted by atomic mass is 10.2. The average Bonchev–Trinajstić information content (AvgIpc) is 2.98. The Balaban J connectivity index is 1.71. The minimum Gasteiger partial charge on any atom is -0.488 e. The normalized spacial score (nSPS) is 17.5. The van der Waals surface area contributed by atoms with Crippen molar-refractivity contribution in [1.82, 2.24) is 9.97 Å². The number of nitrogens with zero attached hydrogens (tertiary/aromatic N) is 4. The molecule has 5 nitrogen and oxygen atoms in total. The highest BCUT2D eigenvalue weighted by Crippen LogP contribution is 2.26. The highest BCUT2D eigenvalue weighted by Gasteiger charge is 2.26. The van der Waals surface area contributed by atoms with Gasteiger partial charge in [0.1, 0.15) is 17.9 Å². The van der Waals surface area contributed by atoms with Gasteiger partial charge in [0.2, 0.25) is 0 Å². The molecule has 0 aliphatic carbocycles. The van der Waals surface area contributed by atoms with E-state index in [1.807, 2.05) is 25.1 Å². The molecule has 0 N–H and O–H groups in total. The quantitative estimate of drug-likeness (QED) is 0.863. The second-order valence-corrected chi connectivity index (χ2v) is 5.10. The number of ether oxygens (including phenoxy) is 1. The fourth-order valence-electron chi connectivity index (χ4n) is 2.55. The van der Waals surface area contributed by atoms with Crippen LogP contribution in [0.2, 0.25) is 0 Å². The van der Waals surface area contributed by atoms with E-state index in [0.717, 1.165) is 36.5 Å². The molecule has 1 unspecified atom stereocenters. The van der Waals surface area contributed by atoms with Gasteiger partial charge in [-0.3, -0.25) is 4.98 Å². The molecule has 21 heavy (non-hydrogen) atoms. The van der Waals surface area contributed by atoms with Gasteiger partial charge in [-0.25, -0.2) is 4.98 Å². The molecule has 0 bridgehead atoms. The van der Waals surface area contributed by atoms with Crippen LogP contribution in [0.15, 0.2) is 36.8 Å². The SMILES string of the molecule is Cc1cnccc1OC1CCN(c2cccnc2C#N)C1. The van der Waals surface area contributed by atoms with E-state index in [9.17, 15) is 0 Å². The maximum absolute atomic E-state index is 9.14. The summed E-state index contributed by atoms with van der Waals surface area (Å²) in [5.41, 5.74) is 2.39. The Labute approximate surface area is 123 Å². The molecule has 106 valence electrons. The van der Waals surface area contributed by atoms with Crippen LogP contribution in [-0.4, -0.2) is 29.2 Å². The van der Waals surface area contributed by atoms with Gasteiger partial charge in [0.15, 0.2) is 5.69 Å². The van der Waals surface area contributed by atoms with Crippen LogP contribution in [0, 0.1) is 18.3 Å². The van der Waals surface area contributed by atoms with Crippen molar-refractivity contribution < 1.29 is 4.74 Å². The Morgan fingerprint density at radius 3 is 3.10 bits per heavy atom. The maximum Gasteiger partial charge on any atom is 0.163 e. The standard InChI is InChI=1S/C16H16N4O/c1-12-10-18-7-4-16(12)21-13-5-8-20(11-13)15-3-2-6-19-14(15)9-17/h2-4,6-7,10,13H,5,8,11H2,1H3. The van der Waals surface area contributed by atoms with Gasteiger partial charge in [-0.1, -0.05) is 0 Å². The van der Waals surface area contributed by atoms with Gasteiger partial charge in [-0.2, -0.15) is 5.26 Å². The Morgan fingerprint density at radius 1 is 1.38 bits per heavy atom. The van der Waals surface area contributed by atoms with Gasteiger partial charge in [0.25, 0.3) is 0 Å². The number of aryl methyl sites for hydroxylation is 1. The van der Waals surface area contributed by atoms with Crippen molar-refractivity contribution in [2.75, 3.05) is 18.0 Å². The third-order valence-electron chi connectivity index (χ3n) is 3.64. The average molecular weight is 280 g/mol. The van der Waals surface area contributed by atoms with Crippen molar-refractivity contribution in [1.29, 1.82) is 5.26 Å². The highest BCUT2D eigenvalue weighted by molar-refractivity contribution is 5.56. The molecular formula is C16H16N4O. The van der Waals surface area contributed by atoms with E-state index in [1.165, 1.54) is 0 Å². The van der Waals surface area contributed by atoms with Gasteiger partial charge < -0.3 is 9.64 Å². The molecule has 1 saturated heterocycles. The van der Waals surface area contributed by atoms with Gasteiger partial charge in [-0.05, 0) is 25.1 Å². The summed E-state index contributed by atoms with van der Waals surface area (Å²) in [6.07, 6.45) is 6.24. The minimum absolute atomic E-state index is 0.123. The van der Waals surface area contributed by atoms with Crippen molar-refractivity contribution in [2.45, 2.75) is 19.4 Å². The van der Waals surface area contributed by atoms with E-state index in [4.69, 9.17) is 10.00 Å². The maximum atomic E-state index is 9.14. The lowest BCUT2D eigenvalue weighted by Gasteiger charge is -2.20. The molecule has 0 radical (unpaired) electrons. The predicted molar refractivity (Wildman–Crippen MR) is 79.2 cm³/mol. The number of nitriles is 1. The Hall–Kier alpha value is -2.61. The molecule has 2 aromatic heterocycles. The van der Waals surface area contributed by atoms with E-state index in [2.05, 4.69) is 20.9 Å². The van der Waals surface area contributed by atoms with Crippen LogP contribution in [-0.2, 0) is 0 Å². The number of aromatic nitrogens is 2. The van der Waals surface area contributed by atoms with E-state index < -0.39 is 0 Å². The molecule has 1 aliphatic heterocycles. The van der Waals surface area contributed by atoms with Crippen molar-refractivity contribution in [3.05, 3.63) is 48.0 Å². The summed E-state index contributed by atoms with van der Waals surface area (Å²) in [4.78, 5) is 10.3. The molecule has 3 heterocycles. The van der Waals surface area contributed by atoms with E-state index >= 15 is 0 Å². The molecule has 1 fully saturated rings. The lowest BCUT2D eigenvalue weighted by Crippen LogP contribution is -2.25. The minimum atomic E-state index is 0.123. The van der Waals surface area contributed by atoms with Crippen molar-refractivity contribution in [3.63, 3.8) is 0 Å². The van der Waals surface area contributed by atoms with Crippen molar-refractivity contribution in [2.24, 2.45) is 0 Å². The van der Waals surface area contributed by atoms with E-state index in [-0.39, 0.29) is 6.10 Å². The van der Waals surface area contributed by atoms with Crippen LogP contribution in [0.5, 0.6) is 5.75 Å². The first-order chi connectivity index (χ1) is 10.3. The lowest BCUT2D eigenvalue weighted by molar-refractivity contribution is 0.223. The summed E-state index contributed by atoms with van der Waals surface area (Å²) in [6, 6.07) is 7.83. The molecule has 0 saturated carbocycles. The molecule has 0 spiro atoms. The van der Waals surface area contributed by atoms with E-state index in [1.54, 1.807) is 18.6 Å². The Bertz CT molecular complexity index is 680. The summed E-state index contributed by atoms with van der Waals surface area (Å²) >= 11 is 0. The first-order valence-electron chi connectivity index (χ1n) is 6.95. The summed E-state index contributed by atoms with van der Waals surface area (Å²) in [7, 11) is 0. The Morgan fingerprint density at radius 2 is 2.29 bits per heavy atom. The number of pyridine rings is 2. The summed E-state index contributed by atoms with van der Waals surface area (Å²) < 4.78 is 6.05. The molecule has 0 aromatic carbocycles. The molecule has 2 aromatic rings. The topological polar surface area (TPSA) is 62.0 Å². The van der Waals surface area contributed by atoms with Crippen LogP contribution in [0.25, 0.3) is 0 Å². The summed E-state index contributed by atoms with van der Waals surface area (Å²) in [6.45, 7) is 3.63. The van der Waals surface area contributed by atoms with Gasteiger partial charge >= 0.3 is 0 Å². The predicted octanol–water partition coefficient (Wildman–Crippen LogP) is 2.31. The zero-order chi connectivity index (χ0) is 14.7. The molecule has 1 aliphatic rings. The fraction of sp³-hybridized carbons (Fsp3) is 0.312. The fourth-order valence-corrected chi connectivity index (χ4v) is 2.55. The van der Waals surface area contributed by atoms with Crippen LogP contribution in [0.1, 0.15) is 17.7 Å². The molecular weight excluding hydrogens is 264 g/mol. The number of hydrogen-bond donors (Lipinski definition) is 0. The molecule has 0 amide bonds. The van der Waals surface area contributed by atoms with Crippen molar-refractivity contribution in [3.8, 4) is 11.8 Å². The zero-order valence-electron chi connectivity index (χ0n) is 11.9. The van der Waals surface area contributed by atoms with Gasteiger partial charge in [-0.15, -0.1) is 0 Å². The smallest absolute Gasteiger partial charge is 0.163 e. The molecule has 1 atom stereocenters. The van der Waals surface area contributed by atoms with Crippen LogP contribution in [0.3, 0.4) is 0 Å². The van der Waals surface area contributed by atoms with E-state index in [0.29, 0.717) is 5.69 Å². The zero-order valence-corrected chi connectivity index (χ0v) is 11.9. The second kappa shape index (κ2) is 5.80. The van der Waals surface area contributed by atoms with Crippen LogP contribution >= 0.6 is 0 Å². The monoisotopic (exact) mass is 280 g/mol. The first-order valence-corrected chi connectivity index (χ1v) is 6.95. The largest absolute Gasteiger partial charge is 0.488 e. The van der Waals surface area contributed by atoms with Crippen LogP contribution < -0.4 is 9.64 Å². The highest BCUT2D eigenvalue weighted by atomic mass is 16.5. The van der Waals surface area contributed by atoms with Crippen molar-refractivity contribution >= 4 is 5.69 Å². The number of anilines is 1. The third kappa shape index (κ3) is 2.79. The second-order valence-electron chi connectivity index (χ2n) is 5.10. The summed E-state index contributed by atoms with van der Waals surface area (Å²) in [5, 5.41) is 9.14. The third-order valence-corrected chi connectivity index (χ3v) is 3.64. The molecule has 5 heteroatoms. The van der Waals surface area contributed by atoms with Gasteiger partial charge in [0, 0.05) is 37.1 Å². The number of hydrogen-bond acceptors (Lipinski definition) is 5. The Kier molecular flexibility index (Phi) is 3.69. The van der Waals surface area contributed by atoms with Gasteiger partial charge in [0.05, 0.1) is 12.2 Å². The van der Waals surface area contributed by atoms with Crippen LogP contribution in [0.4, 0.5) is 5.69 Å². The number of rotatable bonds is 3. The molecule has 3 rings (SSSR count).